The molecule has 7 heteroatoms. The van der Waals surface area contributed by atoms with E-state index in [1.165, 1.54) is 11.0 Å². The zero-order chi connectivity index (χ0) is 15.5. The van der Waals surface area contributed by atoms with Crippen LogP contribution in [0.3, 0.4) is 0 Å². The number of aromatic nitrogens is 1. The first-order chi connectivity index (χ1) is 9.83. The van der Waals surface area contributed by atoms with Crippen molar-refractivity contribution in [2.75, 3.05) is 26.2 Å². The highest BCUT2D eigenvalue weighted by atomic mass is 19.4. The second kappa shape index (κ2) is 6.70. The van der Waals surface area contributed by atoms with Crippen LogP contribution in [-0.2, 0) is 0 Å². The molecule has 2 unspecified atom stereocenters. The minimum atomic E-state index is -4.14. The number of hydrogen-bond acceptors (Lipinski definition) is 3. The van der Waals surface area contributed by atoms with Crippen LogP contribution in [0, 0.1) is 11.7 Å². The van der Waals surface area contributed by atoms with E-state index in [1.54, 1.807) is 6.20 Å². The molecule has 21 heavy (non-hydrogen) atoms. The van der Waals surface area contributed by atoms with Crippen molar-refractivity contribution < 1.29 is 17.6 Å². The van der Waals surface area contributed by atoms with Crippen LogP contribution in [0.5, 0.6) is 0 Å². The van der Waals surface area contributed by atoms with E-state index in [2.05, 4.69) is 10.3 Å². The molecular formula is C14H19F4N3. The van der Waals surface area contributed by atoms with Crippen LogP contribution in [-0.4, -0.2) is 42.2 Å². The highest BCUT2D eigenvalue weighted by Gasteiger charge is 2.34. The van der Waals surface area contributed by atoms with Gasteiger partial charge in [-0.25, -0.2) is 4.39 Å². The van der Waals surface area contributed by atoms with Crippen molar-refractivity contribution in [3.63, 3.8) is 0 Å². The van der Waals surface area contributed by atoms with E-state index in [0.717, 1.165) is 18.2 Å². The third-order valence-corrected chi connectivity index (χ3v) is 3.71. The van der Waals surface area contributed by atoms with Crippen LogP contribution in [0.2, 0.25) is 0 Å². The molecule has 1 saturated heterocycles. The molecule has 1 N–H and O–H groups in total. The first-order valence-corrected chi connectivity index (χ1v) is 6.96. The first-order valence-electron chi connectivity index (χ1n) is 6.96. The highest BCUT2D eigenvalue weighted by molar-refractivity contribution is 5.14. The van der Waals surface area contributed by atoms with Crippen LogP contribution in [0.1, 0.15) is 24.9 Å². The lowest BCUT2D eigenvalue weighted by atomic mass is 10.1. The van der Waals surface area contributed by atoms with Crippen molar-refractivity contribution in [2.45, 2.75) is 25.6 Å². The van der Waals surface area contributed by atoms with E-state index < -0.39 is 18.5 Å². The van der Waals surface area contributed by atoms with Gasteiger partial charge in [0.25, 0.3) is 0 Å². The Balaban J connectivity index is 1.77. The quantitative estimate of drug-likeness (QED) is 0.848. The van der Waals surface area contributed by atoms with Crippen molar-refractivity contribution in [2.24, 2.45) is 5.92 Å². The van der Waals surface area contributed by atoms with Crippen molar-refractivity contribution >= 4 is 0 Å². The summed E-state index contributed by atoms with van der Waals surface area (Å²) in [6.07, 6.45) is -0.659. The van der Waals surface area contributed by atoms with E-state index in [1.807, 2.05) is 6.92 Å². The molecule has 118 valence electrons. The number of hydrogen-bond donors (Lipinski definition) is 1. The summed E-state index contributed by atoms with van der Waals surface area (Å²) in [6.45, 7) is 2.58. The van der Waals surface area contributed by atoms with Gasteiger partial charge in [-0.15, -0.1) is 0 Å². The smallest absolute Gasteiger partial charge is 0.310 e. The van der Waals surface area contributed by atoms with E-state index in [4.69, 9.17) is 0 Å². The molecule has 3 nitrogen and oxygen atoms in total. The Hall–Kier alpha value is -1.21. The number of rotatable bonds is 5. The molecule has 1 aliphatic heterocycles. The Morgan fingerprint density at radius 1 is 1.43 bits per heavy atom. The molecule has 1 aliphatic rings. The molecule has 0 bridgehead atoms. The Labute approximate surface area is 121 Å². The second-order valence-electron chi connectivity index (χ2n) is 5.57. The summed E-state index contributed by atoms with van der Waals surface area (Å²) in [6, 6.07) is 1.33. The maximum Gasteiger partial charge on any atom is 0.401 e. The number of halogens is 4. The molecule has 0 spiro atoms. The maximum atomic E-state index is 13.1. The molecule has 2 rings (SSSR count). The van der Waals surface area contributed by atoms with Gasteiger partial charge in [-0.05, 0) is 44.0 Å². The van der Waals surface area contributed by atoms with Crippen LogP contribution in [0.15, 0.2) is 18.5 Å². The predicted octanol–water partition coefficient (Wildman–Crippen LogP) is 2.76. The van der Waals surface area contributed by atoms with E-state index in [-0.39, 0.29) is 12.0 Å². The monoisotopic (exact) mass is 305 g/mol. The van der Waals surface area contributed by atoms with Gasteiger partial charge in [-0.3, -0.25) is 9.88 Å². The number of nitrogens with zero attached hydrogens (tertiary/aromatic N) is 2. The lowest BCUT2D eigenvalue weighted by Gasteiger charge is -2.19. The Kier molecular flexibility index (Phi) is 5.16. The standard InChI is InChI=1S/C14H19F4N3/c1-10(12-4-13(15)7-19-6-12)20-5-11-2-3-21(8-11)9-14(16,17)18/h4,6-7,10-11,20H,2-3,5,8-9H2,1H3. The molecule has 1 aromatic rings. The van der Waals surface area contributed by atoms with E-state index in [0.29, 0.717) is 19.6 Å². The van der Waals surface area contributed by atoms with Gasteiger partial charge in [0.2, 0.25) is 0 Å². The normalized spacial score (nSPS) is 21.7. The van der Waals surface area contributed by atoms with Gasteiger partial charge in [0.15, 0.2) is 0 Å². The fourth-order valence-corrected chi connectivity index (χ4v) is 2.60. The van der Waals surface area contributed by atoms with Crippen molar-refractivity contribution in [3.05, 3.63) is 29.8 Å². The van der Waals surface area contributed by atoms with Gasteiger partial charge >= 0.3 is 6.18 Å². The number of likely N-dealkylation sites (tertiary alicyclic amines) is 1. The molecule has 0 aromatic carbocycles. The predicted molar refractivity (Wildman–Crippen MR) is 71.2 cm³/mol. The summed E-state index contributed by atoms with van der Waals surface area (Å²) in [5.74, 6) is -0.199. The summed E-state index contributed by atoms with van der Waals surface area (Å²) in [7, 11) is 0. The fourth-order valence-electron chi connectivity index (χ4n) is 2.60. The number of alkyl halides is 3. The first kappa shape index (κ1) is 16.2. The van der Waals surface area contributed by atoms with Crippen molar-refractivity contribution in [3.8, 4) is 0 Å². The maximum absolute atomic E-state index is 13.1. The summed E-state index contributed by atoms with van der Waals surface area (Å²) in [4.78, 5) is 5.22. The molecule has 2 atom stereocenters. The molecule has 0 saturated carbocycles. The van der Waals surface area contributed by atoms with E-state index >= 15 is 0 Å². The third kappa shape index (κ3) is 5.24. The second-order valence-corrected chi connectivity index (χ2v) is 5.57. The lowest BCUT2D eigenvalue weighted by Crippen LogP contribution is -2.34. The summed E-state index contributed by atoms with van der Waals surface area (Å²) < 4.78 is 50.0. The molecule has 1 aromatic heterocycles. The van der Waals surface area contributed by atoms with Gasteiger partial charge in [-0.1, -0.05) is 0 Å². The minimum Gasteiger partial charge on any atom is -0.310 e. The topological polar surface area (TPSA) is 28.2 Å². The van der Waals surface area contributed by atoms with Crippen molar-refractivity contribution in [1.82, 2.24) is 15.2 Å². The average molecular weight is 305 g/mol. The van der Waals surface area contributed by atoms with Crippen molar-refractivity contribution in [1.29, 1.82) is 0 Å². The van der Waals surface area contributed by atoms with Gasteiger partial charge in [-0.2, -0.15) is 13.2 Å². The highest BCUT2D eigenvalue weighted by Crippen LogP contribution is 2.23. The Morgan fingerprint density at radius 2 is 2.19 bits per heavy atom. The van der Waals surface area contributed by atoms with Crippen LogP contribution in [0.25, 0.3) is 0 Å². The average Bonchev–Trinajstić information content (AvgIpc) is 2.81. The zero-order valence-electron chi connectivity index (χ0n) is 11.8. The van der Waals surface area contributed by atoms with Crippen LogP contribution < -0.4 is 5.32 Å². The minimum absolute atomic E-state index is 0.0788. The lowest BCUT2D eigenvalue weighted by molar-refractivity contribution is -0.143. The molecule has 0 amide bonds. The molecule has 0 aliphatic carbocycles. The molecular weight excluding hydrogens is 286 g/mol. The molecule has 1 fully saturated rings. The Bertz CT molecular complexity index is 464. The van der Waals surface area contributed by atoms with Gasteiger partial charge in [0.05, 0.1) is 12.7 Å². The third-order valence-electron chi connectivity index (χ3n) is 3.71. The van der Waals surface area contributed by atoms with Gasteiger partial charge < -0.3 is 5.32 Å². The van der Waals surface area contributed by atoms with Crippen LogP contribution in [0.4, 0.5) is 17.6 Å². The summed E-state index contributed by atoms with van der Waals surface area (Å²) in [5.41, 5.74) is 0.736. The zero-order valence-corrected chi connectivity index (χ0v) is 11.8. The van der Waals surface area contributed by atoms with E-state index in [9.17, 15) is 17.6 Å². The van der Waals surface area contributed by atoms with Gasteiger partial charge in [0, 0.05) is 18.8 Å². The molecule has 0 radical (unpaired) electrons. The van der Waals surface area contributed by atoms with Gasteiger partial charge in [0.1, 0.15) is 5.82 Å². The number of nitrogens with one attached hydrogen (secondary N) is 1. The number of pyridine rings is 1. The summed E-state index contributed by atoms with van der Waals surface area (Å²) >= 11 is 0. The summed E-state index contributed by atoms with van der Waals surface area (Å²) in [5, 5.41) is 3.24. The molecule has 2 heterocycles. The SMILES string of the molecule is CC(NCC1CCN(CC(F)(F)F)C1)c1cncc(F)c1. The fraction of sp³-hybridized carbons (Fsp3) is 0.643. The largest absolute Gasteiger partial charge is 0.401 e. The Morgan fingerprint density at radius 3 is 2.86 bits per heavy atom. The van der Waals surface area contributed by atoms with Crippen LogP contribution >= 0.6 is 0 Å².